The maximum atomic E-state index is 11.4. The zero-order valence-electron chi connectivity index (χ0n) is 9.11. The van der Waals surface area contributed by atoms with E-state index in [0.717, 1.165) is 6.42 Å². The number of nitrogens with zero attached hydrogens (tertiary/aromatic N) is 1. The van der Waals surface area contributed by atoms with Gasteiger partial charge in [0.05, 0.1) is 12.2 Å². The number of aromatic nitrogens is 1. The van der Waals surface area contributed by atoms with Crippen LogP contribution in [0.1, 0.15) is 23.7 Å². The highest BCUT2D eigenvalue weighted by atomic mass is 35.5. The van der Waals surface area contributed by atoms with Crippen molar-refractivity contribution in [1.82, 2.24) is 4.98 Å². The summed E-state index contributed by atoms with van der Waals surface area (Å²) in [6, 6.07) is 3.12. The number of hydrogen-bond donors (Lipinski definition) is 0. The third-order valence-electron chi connectivity index (χ3n) is 1.77. The number of carbonyl (C=O) groups excluding carboxylic acids is 1. The van der Waals surface area contributed by atoms with E-state index in [0.29, 0.717) is 23.9 Å². The molecule has 1 aromatic heterocycles. The Morgan fingerprint density at radius 2 is 2.19 bits per heavy atom. The minimum absolute atomic E-state index is 0.251. The molecule has 0 saturated carbocycles. The van der Waals surface area contributed by atoms with E-state index in [4.69, 9.17) is 21.1 Å². The highest BCUT2D eigenvalue weighted by Gasteiger charge is 2.06. The van der Waals surface area contributed by atoms with Crippen molar-refractivity contribution in [2.24, 2.45) is 0 Å². The summed E-state index contributed by atoms with van der Waals surface area (Å²) in [4.78, 5) is 15.2. The van der Waals surface area contributed by atoms with Crippen LogP contribution in [-0.4, -0.2) is 30.8 Å². The number of halogens is 1. The van der Waals surface area contributed by atoms with Crippen LogP contribution in [0.15, 0.2) is 18.3 Å². The van der Waals surface area contributed by atoms with E-state index in [-0.39, 0.29) is 6.61 Å². The first-order valence-electron chi connectivity index (χ1n) is 5.10. The van der Waals surface area contributed by atoms with Crippen LogP contribution >= 0.6 is 11.6 Å². The van der Waals surface area contributed by atoms with Gasteiger partial charge in [0.2, 0.25) is 0 Å². The van der Waals surface area contributed by atoms with E-state index in [1.807, 2.05) is 6.92 Å². The first-order valence-corrected chi connectivity index (χ1v) is 5.48. The van der Waals surface area contributed by atoms with Crippen LogP contribution in [0.25, 0.3) is 0 Å². The average molecular weight is 244 g/mol. The van der Waals surface area contributed by atoms with Crippen molar-refractivity contribution in [3.05, 3.63) is 29.0 Å². The predicted molar refractivity (Wildman–Crippen MR) is 60.6 cm³/mol. The van der Waals surface area contributed by atoms with Crippen molar-refractivity contribution >= 4 is 17.6 Å². The summed E-state index contributed by atoms with van der Waals surface area (Å²) >= 11 is 5.59. The summed E-state index contributed by atoms with van der Waals surface area (Å²) < 4.78 is 10.1. The fourth-order valence-corrected chi connectivity index (χ4v) is 1.13. The smallest absolute Gasteiger partial charge is 0.339 e. The highest BCUT2D eigenvalue weighted by Crippen LogP contribution is 2.06. The Morgan fingerprint density at radius 1 is 1.38 bits per heavy atom. The lowest BCUT2D eigenvalue weighted by Crippen LogP contribution is -2.11. The molecule has 0 aromatic carbocycles. The topological polar surface area (TPSA) is 48.4 Å². The molecule has 0 fully saturated rings. The molecular weight excluding hydrogens is 230 g/mol. The summed E-state index contributed by atoms with van der Waals surface area (Å²) in [6.45, 7) is 3.37. The molecule has 0 bridgehead atoms. The van der Waals surface area contributed by atoms with Gasteiger partial charge in [-0.3, -0.25) is 0 Å². The van der Waals surface area contributed by atoms with Crippen molar-refractivity contribution in [1.29, 1.82) is 0 Å². The SMILES string of the molecule is CCCOCCOC(=O)c1ccc(Cl)nc1. The summed E-state index contributed by atoms with van der Waals surface area (Å²) in [5, 5.41) is 0.350. The predicted octanol–water partition coefficient (Wildman–Crippen LogP) is 2.32. The fourth-order valence-electron chi connectivity index (χ4n) is 1.02. The molecule has 1 aromatic rings. The molecule has 0 aliphatic heterocycles. The van der Waals surface area contributed by atoms with Gasteiger partial charge in [-0.15, -0.1) is 0 Å². The molecule has 0 amide bonds. The largest absolute Gasteiger partial charge is 0.460 e. The van der Waals surface area contributed by atoms with E-state index >= 15 is 0 Å². The maximum Gasteiger partial charge on any atom is 0.339 e. The molecule has 0 aliphatic rings. The Bertz CT molecular complexity index is 327. The summed E-state index contributed by atoms with van der Waals surface area (Å²) in [7, 11) is 0. The van der Waals surface area contributed by atoms with Crippen molar-refractivity contribution < 1.29 is 14.3 Å². The zero-order chi connectivity index (χ0) is 11.8. The standard InChI is InChI=1S/C11H14ClNO3/c1-2-5-15-6-7-16-11(14)9-3-4-10(12)13-8-9/h3-4,8H,2,5-7H2,1H3. The van der Waals surface area contributed by atoms with Gasteiger partial charge in [-0.05, 0) is 18.6 Å². The highest BCUT2D eigenvalue weighted by molar-refractivity contribution is 6.29. The van der Waals surface area contributed by atoms with E-state index in [1.54, 1.807) is 12.1 Å². The van der Waals surface area contributed by atoms with Crippen molar-refractivity contribution in [3.8, 4) is 0 Å². The van der Waals surface area contributed by atoms with Gasteiger partial charge in [-0.2, -0.15) is 0 Å². The quantitative estimate of drug-likeness (QED) is 0.437. The second-order valence-corrected chi connectivity index (χ2v) is 3.51. The van der Waals surface area contributed by atoms with Gasteiger partial charge in [0.1, 0.15) is 11.8 Å². The van der Waals surface area contributed by atoms with E-state index < -0.39 is 5.97 Å². The summed E-state index contributed by atoms with van der Waals surface area (Å²) in [5.41, 5.74) is 0.389. The normalized spacial score (nSPS) is 10.1. The minimum Gasteiger partial charge on any atom is -0.460 e. The lowest BCUT2D eigenvalue weighted by atomic mass is 10.3. The number of pyridine rings is 1. The van der Waals surface area contributed by atoms with Crippen LogP contribution < -0.4 is 0 Å². The molecular formula is C11H14ClNO3. The Kier molecular flexibility index (Phi) is 5.82. The van der Waals surface area contributed by atoms with Crippen molar-refractivity contribution in [2.45, 2.75) is 13.3 Å². The summed E-state index contributed by atoms with van der Waals surface area (Å²) in [6.07, 6.45) is 2.34. The first kappa shape index (κ1) is 12.9. The van der Waals surface area contributed by atoms with Crippen LogP contribution in [0.5, 0.6) is 0 Å². The summed E-state index contributed by atoms with van der Waals surface area (Å²) in [5.74, 6) is -0.413. The van der Waals surface area contributed by atoms with Crippen LogP contribution in [0.2, 0.25) is 5.15 Å². The maximum absolute atomic E-state index is 11.4. The molecule has 5 heteroatoms. The number of ether oxygens (including phenoxy) is 2. The zero-order valence-corrected chi connectivity index (χ0v) is 9.87. The van der Waals surface area contributed by atoms with E-state index in [2.05, 4.69) is 4.98 Å². The van der Waals surface area contributed by atoms with Crippen LogP contribution in [0.4, 0.5) is 0 Å². The van der Waals surface area contributed by atoms with Gasteiger partial charge < -0.3 is 9.47 Å². The fraction of sp³-hybridized carbons (Fsp3) is 0.455. The molecule has 0 spiro atoms. The monoisotopic (exact) mass is 243 g/mol. The van der Waals surface area contributed by atoms with Gasteiger partial charge in [-0.1, -0.05) is 18.5 Å². The molecule has 0 radical (unpaired) electrons. The Labute approximate surface area is 99.5 Å². The molecule has 0 aliphatic carbocycles. The number of hydrogen-bond acceptors (Lipinski definition) is 4. The number of rotatable bonds is 6. The molecule has 16 heavy (non-hydrogen) atoms. The Morgan fingerprint density at radius 3 is 2.81 bits per heavy atom. The van der Waals surface area contributed by atoms with E-state index in [1.165, 1.54) is 6.20 Å². The van der Waals surface area contributed by atoms with Crippen LogP contribution in [0.3, 0.4) is 0 Å². The lowest BCUT2D eigenvalue weighted by molar-refractivity contribution is 0.0318. The average Bonchev–Trinajstić information content (AvgIpc) is 2.29. The van der Waals surface area contributed by atoms with E-state index in [9.17, 15) is 4.79 Å². The molecule has 1 heterocycles. The van der Waals surface area contributed by atoms with Gasteiger partial charge in [0.15, 0.2) is 0 Å². The van der Waals surface area contributed by atoms with Crippen molar-refractivity contribution in [3.63, 3.8) is 0 Å². The molecule has 0 unspecified atom stereocenters. The van der Waals surface area contributed by atoms with Crippen molar-refractivity contribution in [2.75, 3.05) is 19.8 Å². The van der Waals surface area contributed by atoms with Gasteiger partial charge >= 0.3 is 5.97 Å². The number of esters is 1. The third-order valence-corrected chi connectivity index (χ3v) is 2.00. The Balaban J connectivity index is 2.27. The molecule has 0 N–H and O–H groups in total. The van der Waals surface area contributed by atoms with Gasteiger partial charge in [0.25, 0.3) is 0 Å². The lowest BCUT2D eigenvalue weighted by Gasteiger charge is -2.04. The minimum atomic E-state index is -0.413. The van der Waals surface area contributed by atoms with Crippen LogP contribution in [0, 0.1) is 0 Å². The third kappa shape index (κ3) is 4.59. The second kappa shape index (κ2) is 7.19. The molecule has 88 valence electrons. The second-order valence-electron chi connectivity index (χ2n) is 3.12. The van der Waals surface area contributed by atoms with Gasteiger partial charge in [-0.25, -0.2) is 9.78 Å². The first-order chi connectivity index (χ1) is 7.74. The molecule has 0 saturated heterocycles. The van der Waals surface area contributed by atoms with Crippen LogP contribution in [-0.2, 0) is 9.47 Å². The number of carbonyl (C=O) groups is 1. The molecule has 0 atom stereocenters. The Hall–Kier alpha value is -1.13. The molecule has 4 nitrogen and oxygen atoms in total. The molecule has 1 rings (SSSR count). The van der Waals surface area contributed by atoms with Gasteiger partial charge in [0, 0.05) is 12.8 Å².